The molecule has 1 aliphatic carbocycles. The van der Waals surface area contributed by atoms with Crippen LogP contribution in [-0.4, -0.2) is 9.97 Å². The van der Waals surface area contributed by atoms with Gasteiger partial charge in [0.05, 0.1) is 5.69 Å². The van der Waals surface area contributed by atoms with Gasteiger partial charge in [-0.1, -0.05) is 129 Å². The van der Waals surface area contributed by atoms with E-state index in [1.165, 1.54) is 76.8 Å². The molecule has 8 aromatic rings. The molecule has 45 heavy (non-hydrogen) atoms. The molecule has 2 nitrogen and oxygen atoms in total. The lowest BCUT2D eigenvalue weighted by molar-refractivity contribution is 0.660. The maximum Gasteiger partial charge on any atom is 0.116 e. The molecule has 2 heteroatoms. The largest absolute Gasteiger partial charge is 0.245 e. The summed E-state index contributed by atoms with van der Waals surface area (Å²) in [5.74, 6) is 0. The summed E-state index contributed by atoms with van der Waals surface area (Å²) in [5, 5.41) is 7.33. The normalized spacial score (nSPS) is 13.3. The summed E-state index contributed by atoms with van der Waals surface area (Å²) < 4.78 is 0. The predicted molar refractivity (Wildman–Crippen MR) is 188 cm³/mol. The molecule has 0 atom stereocenters. The molecule has 0 spiro atoms. The molecule has 0 N–H and O–H groups in total. The van der Waals surface area contributed by atoms with Gasteiger partial charge >= 0.3 is 0 Å². The van der Waals surface area contributed by atoms with Crippen molar-refractivity contribution in [3.63, 3.8) is 0 Å². The van der Waals surface area contributed by atoms with E-state index in [9.17, 15) is 0 Å². The Balaban J connectivity index is 1.40. The van der Waals surface area contributed by atoms with Crippen LogP contribution in [0.15, 0.2) is 146 Å². The highest BCUT2D eigenvalue weighted by molar-refractivity contribution is 6.22. The Labute approximate surface area is 262 Å². The molecular formula is C43H30N2. The lowest BCUT2D eigenvalue weighted by Gasteiger charge is -2.22. The van der Waals surface area contributed by atoms with Crippen LogP contribution in [0.2, 0.25) is 0 Å². The van der Waals surface area contributed by atoms with Crippen LogP contribution in [0.1, 0.15) is 25.0 Å². The Morgan fingerprint density at radius 2 is 1.13 bits per heavy atom. The minimum atomic E-state index is -0.0347. The van der Waals surface area contributed by atoms with E-state index in [1.54, 1.807) is 6.33 Å². The van der Waals surface area contributed by atoms with Gasteiger partial charge in [0.2, 0.25) is 0 Å². The number of benzene rings is 7. The molecule has 212 valence electrons. The Kier molecular flexibility index (Phi) is 5.58. The summed E-state index contributed by atoms with van der Waals surface area (Å²) in [6.07, 6.45) is 3.48. The van der Waals surface area contributed by atoms with Gasteiger partial charge in [0.15, 0.2) is 0 Å². The highest BCUT2D eigenvalue weighted by Gasteiger charge is 2.35. The summed E-state index contributed by atoms with van der Waals surface area (Å²) in [6, 6.07) is 49.0. The molecule has 0 saturated heterocycles. The van der Waals surface area contributed by atoms with E-state index >= 15 is 0 Å². The van der Waals surface area contributed by atoms with Crippen molar-refractivity contribution in [1.29, 1.82) is 0 Å². The third-order valence-corrected chi connectivity index (χ3v) is 9.83. The van der Waals surface area contributed by atoms with Crippen LogP contribution in [0.25, 0.3) is 77.0 Å². The van der Waals surface area contributed by atoms with Gasteiger partial charge in [-0.15, -0.1) is 0 Å². The van der Waals surface area contributed by atoms with Gasteiger partial charge in [-0.05, 0) is 95.0 Å². The van der Waals surface area contributed by atoms with Gasteiger partial charge in [0.25, 0.3) is 0 Å². The summed E-state index contributed by atoms with van der Waals surface area (Å²) in [4.78, 5) is 8.98. The molecule has 0 bridgehead atoms. The number of hydrogen-bond acceptors (Lipinski definition) is 2. The van der Waals surface area contributed by atoms with Gasteiger partial charge in [-0.2, -0.15) is 0 Å². The van der Waals surface area contributed by atoms with Crippen molar-refractivity contribution in [1.82, 2.24) is 9.97 Å². The molecule has 0 fully saturated rings. The summed E-state index contributed by atoms with van der Waals surface area (Å²) in [7, 11) is 0. The zero-order valence-corrected chi connectivity index (χ0v) is 25.3. The molecule has 7 aromatic carbocycles. The zero-order valence-electron chi connectivity index (χ0n) is 25.3. The van der Waals surface area contributed by atoms with Gasteiger partial charge in [0, 0.05) is 17.2 Å². The van der Waals surface area contributed by atoms with Gasteiger partial charge in [-0.3, -0.25) is 0 Å². The summed E-state index contributed by atoms with van der Waals surface area (Å²) in [5.41, 5.74) is 12.4. The predicted octanol–water partition coefficient (Wildman–Crippen LogP) is 11.2. The first-order valence-electron chi connectivity index (χ1n) is 15.6. The molecule has 1 heterocycles. The minimum Gasteiger partial charge on any atom is -0.245 e. The van der Waals surface area contributed by atoms with E-state index in [0.717, 1.165) is 11.3 Å². The maximum absolute atomic E-state index is 4.75. The lowest BCUT2D eigenvalue weighted by Crippen LogP contribution is -2.14. The molecule has 1 aromatic heterocycles. The average molecular weight is 575 g/mol. The number of hydrogen-bond donors (Lipinski definition) is 0. The Morgan fingerprint density at radius 1 is 0.467 bits per heavy atom. The van der Waals surface area contributed by atoms with Crippen molar-refractivity contribution in [3.05, 3.63) is 157 Å². The first-order chi connectivity index (χ1) is 22.1. The summed E-state index contributed by atoms with van der Waals surface area (Å²) in [6.45, 7) is 4.68. The second-order valence-electron chi connectivity index (χ2n) is 12.6. The zero-order chi connectivity index (χ0) is 30.1. The first-order valence-corrected chi connectivity index (χ1v) is 15.6. The van der Waals surface area contributed by atoms with E-state index in [4.69, 9.17) is 4.98 Å². The summed E-state index contributed by atoms with van der Waals surface area (Å²) >= 11 is 0. The lowest BCUT2D eigenvalue weighted by atomic mass is 9.81. The van der Waals surface area contributed by atoms with Gasteiger partial charge in [0.1, 0.15) is 6.33 Å². The molecule has 0 saturated carbocycles. The van der Waals surface area contributed by atoms with Gasteiger partial charge < -0.3 is 0 Å². The monoisotopic (exact) mass is 574 g/mol. The van der Waals surface area contributed by atoms with Crippen molar-refractivity contribution in [2.75, 3.05) is 0 Å². The second kappa shape index (κ2) is 9.70. The molecular weight excluding hydrogens is 544 g/mol. The first kappa shape index (κ1) is 25.9. The number of aromatic nitrogens is 2. The van der Waals surface area contributed by atoms with Crippen LogP contribution >= 0.6 is 0 Å². The topological polar surface area (TPSA) is 25.8 Å². The van der Waals surface area contributed by atoms with Crippen molar-refractivity contribution in [3.8, 4) is 44.6 Å². The Hall–Kier alpha value is -5.60. The van der Waals surface area contributed by atoms with Crippen LogP contribution in [0, 0.1) is 0 Å². The van der Waals surface area contributed by atoms with Crippen LogP contribution in [0.3, 0.4) is 0 Å². The fourth-order valence-electron chi connectivity index (χ4n) is 7.72. The fraction of sp³-hybridized carbons (Fsp3) is 0.0698. The molecule has 0 unspecified atom stereocenters. The van der Waals surface area contributed by atoms with Crippen molar-refractivity contribution < 1.29 is 0 Å². The second-order valence-corrected chi connectivity index (χ2v) is 12.6. The van der Waals surface area contributed by atoms with Crippen molar-refractivity contribution >= 4 is 32.3 Å². The van der Waals surface area contributed by atoms with Crippen LogP contribution in [-0.2, 0) is 5.41 Å². The molecule has 0 amide bonds. The Bertz CT molecular complexity index is 2450. The van der Waals surface area contributed by atoms with Crippen LogP contribution in [0.5, 0.6) is 0 Å². The van der Waals surface area contributed by atoms with Crippen molar-refractivity contribution in [2.45, 2.75) is 19.3 Å². The van der Waals surface area contributed by atoms with E-state index in [0.29, 0.717) is 0 Å². The minimum absolute atomic E-state index is 0.0347. The fourth-order valence-corrected chi connectivity index (χ4v) is 7.72. The van der Waals surface area contributed by atoms with Crippen molar-refractivity contribution in [2.24, 2.45) is 0 Å². The van der Waals surface area contributed by atoms with Crippen LogP contribution in [0.4, 0.5) is 0 Å². The maximum atomic E-state index is 4.75. The number of nitrogens with zero attached hydrogens (tertiary/aromatic N) is 2. The SMILES string of the molecule is CC1(C)c2ccccc2-c2cc(-c3c4ccccc4c(-c4ccncn4)c4ccc(-c5cccc6ccccc56)cc34)ccc21. The average Bonchev–Trinajstić information content (AvgIpc) is 3.32. The highest BCUT2D eigenvalue weighted by Crippen LogP contribution is 2.51. The smallest absolute Gasteiger partial charge is 0.116 e. The quantitative estimate of drug-likeness (QED) is 0.196. The highest BCUT2D eigenvalue weighted by atomic mass is 14.8. The van der Waals surface area contributed by atoms with Crippen LogP contribution < -0.4 is 0 Å². The van der Waals surface area contributed by atoms with Gasteiger partial charge in [-0.25, -0.2) is 9.97 Å². The third-order valence-electron chi connectivity index (χ3n) is 9.83. The van der Waals surface area contributed by atoms with E-state index < -0.39 is 0 Å². The number of rotatable bonds is 3. The Morgan fingerprint density at radius 3 is 1.98 bits per heavy atom. The molecule has 9 rings (SSSR count). The molecule has 0 aliphatic heterocycles. The standard InChI is InChI=1S/C43H30N2/c1-43(2)38-17-8-7-13-32(38)36-25-29(19-21-39(36)43)41-33-14-5-6-15-34(33)42(40-22-23-44-26-45-40)35-20-18-28(24-37(35)41)31-16-9-11-27-10-3-4-12-30(27)31/h3-26H,1-2H3. The molecule has 0 radical (unpaired) electrons. The third kappa shape index (κ3) is 3.82. The van der Waals surface area contributed by atoms with E-state index in [1.807, 2.05) is 12.3 Å². The van der Waals surface area contributed by atoms with E-state index in [2.05, 4.69) is 146 Å². The number of fused-ring (bicyclic) bond motifs is 6. The molecule has 1 aliphatic rings. The van der Waals surface area contributed by atoms with E-state index in [-0.39, 0.29) is 5.41 Å².